The summed E-state index contributed by atoms with van der Waals surface area (Å²) in [4.78, 5) is 5.33. The fraction of sp³-hybridized carbons (Fsp3) is 0.615. The van der Waals surface area contributed by atoms with Crippen molar-refractivity contribution in [1.29, 1.82) is 0 Å². The lowest BCUT2D eigenvalue weighted by Gasteiger charge is -2.37. The van der Waals surface area contributed by atoms with E-state index in [1.165, 1.54) is 0 Å². The average molecular weight is 297 g/mol. The number of aromatic nitrogens is 1. The normalized spacial score (nSPS) is 24.4. The van der Waals surface area contributed by atoms with E-state index in [0.29, 0.717) is 5.85 Å². The first-order valence-electron chi connectivity index (χ1n) is 6.57. The van der Waals surface area contributed by atoms with Crippen LogP contribution in [0.1, 0.15) is 11.5 Å². The molecule has 2 rings (SSSR count). The standard InChI is InChI=1S/C13H24NOPSi2/c1-17(2,3)13(18(4,5)6)16-12(15-16)11-9-7-8-10-14-11/h7-10,12-13H,1-6H3. The molecule has 1 aromatic heterocycles. The van der Waals surface area contributed by atoms with Crippen molar-refractivity contribution in [2.24, 2.45) is 0 Å². The largest absolute Gasteiger partial charge is 0.340 e. The highest BCUT2D eigenvalue weighted by atomic mass is 31.2. The lowest BCUT2D eigenvalue weighted by Crippen LogP contribution is -2.51. The molecule has 1 aliphatic heterocycles. The number of rotatable bonds is 4. The number of pyridine rings is 1. The van der Waals surface area contributed by atoms with Gasteiger partial charge >= 0.3 is 0 Å². The molecule has 0 saturated carbocycles. The molecule has 1 saturated heterocycles. The van der Waals surface area contributed by atoms with E-state index >= 15 is 0 Å². The monoisotopic (exact) mass is 297 g/mol. The summed E-state index contributed by atoms with van der Waals surface area (Å²) in [5, 5.41) is 0. The summed E-state index contributed by atoms with van der Waals surface area (Å²) >= 11 is 0. The van der Waals surface area contributed by atoms with Gasteiger partial charge in [-0.1, -0.05) is 45.3 Å². The first kappa shape index (κ1) is 14.4. The summed E-state index contributed by atoms with van der Waals surface area (Å²) in [7, 11) is -2.59. The molecule has 0 aliphatic carbocycles. The van der Waals surface area contributed by atoms with E-state index in [0.717, 1.165) is 10.6 Å². The van der Waals surface area contributed by atoms with Gasteiger partial charge in [-0.05, 0) is 17.0 Å². The van der Waals surface area contributed by atoms with Gasteiger partial charge < -0.3 is 4.52 Å². The Balaban J connectivity index is 2.18. The van der Waals surface area contributed by atoms with Crippen molar-refractivity contribution < 1.29 is 4.52 Å². The maximum absolute atomic E-state index is 6.09. The molecule has 5 heteroatoms. The van der Waals surface area contributed by atoms with E-state index in [1.807, 2.05) is 12.3 Å². The highest BCUT2D eigenvalue weighted by molar-refractivity contribution is 7.66. The lowest BCUT2D eigenvalue weighted by molar-refractivity contribution is 0.463. The van der Waals surface area contributed by atoms with Crippen LogP contribution in [-0.2, 0) is 4.52 Å². The maximum atomic E-state index is 6.09. The Kier molecular flexibility index (Phi) is 3.85. The van der Waals surface area contributed by atoms with Gasteiger partial charge in [0.2, 0.25) is 0 Å². The van der Waals surface area contributed by atoms with E-state index in [2.05, 4.69) is 56.4 Å². The van der Waals surface area contributed by atoms with Gasteiger partial charge in [0.05, 0.1) is 30.0 Å². The van der Waals surface area contributed by atoms with Gasteiger partial charge in [0, 0.05) is 6.20 Å². The van der Waals surface area contributed by atoms with Gasteiger partial charge in [-0.3, -0.25) is 4.98 Å². The summed E-state index contributed by atoms with van der Waals surface area (Å²) in [6.45, 7) is 15.0. The third kappa shape index (κ3) is 3.10. The summed E-state index contributed by atoms with van der Waals surface area (Å²) < 4.78 is 6.09. The minimum atomic E-state index is -1.16. The van der Waals surface area contributed by atoms with Crippen molar-refractivity contribution in [2.45, 2.75) is 50.0 Å². The minimum absolute atomic E-state index is 0.269. The van der Waals surface area contributed by atoms with Crippen LogP contribution in [0.4, 0.5) is 0 Å². The van der Waals surface area contributed by atoms with E-state index in [-0.39, 0.29) is 8.15 Å². The van der Waals surface area contributed by atoms with Gasteiger partial charge in [-0.2, -0.15) is 0 Å². The summed E-state index contributed by atoms with van der Waals surface area (Å²) in [6.07, 6.45) is 1.88. The Morgan fingerprint density at radius 1 is 1.11 bits per heavy atom. The number of hydrogen-bond donors (Lipinski definition) is 0. The molecule has 2 atom stereocenters. The molecule has 0 radical (unpaired) electrons. The van der Waals surface area contributed by atoms with Gasteiger partial charge in [0.1, 0.15) is 5.85 Å². The van der Waals surface area contributed by atoms with Crippen molar-refractivity contribution in [1.82, 2.24) is 4.98 Å². The smallest absolute Gasteiger partial charge is 0.147 e. The first-order valence-corrected chi connectivity index (χ1v) is 15.1. The van der Waals surface area contributed by atoms with E-state index in [4.69, 9.17) is 4.52 Å². The van der Waals surface area contributed by atoms with Gasteiger partial charge in [0.25, 0.3) is 0 Å². The SMILES string of the molecule is C[Si](C)(C)C(P1OC1c1ccccn1)[Si](C)(C)C. The van der Waals surface area contributed by atoms with Crippen LogP contribution < -0.4 is 0 Å². The van der Waals surface area contributed by atoms with Crippen molar-refractivity contribution >= 4 is 24.3 Å². The number of nitrogens with zero attached hydrogens (tertiary/aromatic N) is 1. The van der Waals surface area contributed by atoms with Crippen LogP contribution in [0.25, 0.3) is 0 Å². The van der Waals surface area contributed by atoms with Crippen LogP contribution in [0.5, 0.6) is 0 Å². The predicted octanol–water partition coefficient (Wildman–Crippen LogP) is 4.63. The van der Waals surface area contributed by atoms with Crippen LogP contribution in [0.2, 0.25) is 39.3 Å². The molecular weight excluding hydrogens is 273 g/mol. The van der Waals surface area contributed by atoms with Crippen molar-refractivity contribution in [3.05, 3.63) is 30.1 Å². The molecule has 1 aliphatic rings. The highest BCUT2D eigenvalue weighted by Gasteiger charge is 2.55. The van der Waals surface area contributed by atoms with E-state index in [1.54, 1.807) is 0 Å². The van der Waals surface area contributed by atoms with Crippen molar-refractivity contribution in [3.8, 4) is 0 Å². The molecule has 2 unspecified atom stereocenters. The summed E-state index contributed by atoms with van der Waals surface area (Å²) in [6, 6.07) is 6.15. The van der Waals surface area contributed by atoms with Crippen LogP contribution in [0.15, 0.2) is 24.4 Å². The second-order valence-corrected chi connectivity index (χ2v) is 21.3. The Bertz CT molecular complexity index is 399. The molecule has 1 aromatic rings. The highest BCUT2D eigenvalue weighted by Crippen LogP contribution is 2.76. The molecule has 0 amide bonds. The van der Waals surface area contributed by atoms with E-state index < -0.39 is 16.1 Å². The molecular formula is C13H24NOPSi2. The molecule has 0 bridgehead atoms. The fourth-order valence-corrected chi connectivity index (χ4v) is 22.0. The molecule has 0 spiro atoms. The maximum Gasteiger partial charge on any atom is 0.147 e. The zero-order valence-corrected chi connectivity index (χ0v) is 15.2. The Labute approximate surface area is 114 Å². The Morgan fingerprint density at radius 2 is 1.72 bits per heavy atom. The lowest BCUT2D eigenvalue weighted by atomic mass is 10.4. The Morgan fingerprint density at radius 3 is 2.17 bits per heavy atom. The Hall–Kier alpha value is -0.0262. The molecule has 100 valence electrons. The van der Waals surface area contributed by atoms with E-state index in [9.17, 15) is 0 Å². The van der Waals surface area contributed by atoms with Gasteiger partial charge in [-0.25, -0.2) is 0 Å². The summed E-state index contributed by atoms with van der Waals surface area (Å²) in [5.41, 5.74) is 1.14. The average Bonchev–Trinajstić information content (AvgIpc) is 2.94. The fourth-order valence-electron chi connectivity index (χ4n) is 3.05. The van der Waals surface area contributed by atoms with Crippen molar-refractivity contribution in [3.63, 3.8) is 0 Å². The zero-order valence-electron chi connectivity index (χ0n) is 12.3. The molecule has 2 heterocycles. The molecule has 18 heavy (non-hydrogen) atoms. The van der Waals surface area contributed by atoms with Crippen LogP contribution >= 0.6 is 8.15 Å². The zero-order chi connectivity index (χ0) is 13.6. The van der Waals surface area contributed by atoms with Crippen LogP contribution in [-0.4, -0.2) is 26.0 Å². The second-order valence-electron chi connectivity index (χ2n) is 7.21. The quantitative estimate of drug-likeness (QED) is 0.460. The van der Waals surface area contributed by atoms with Gasteiger partial charge in [0.15, 0.2) is 0 Å². The molecule has 0 N–H and O–H groups in total. The number of hydrogen-bond acceptors (Lipinski definition) is 2. The van der Waals surface area contributed by atoms with Crippen LogP contribution in [0, 0.1) is 0 Å². The first-order chi connectivity index (χ1) is 8.21. The molecule has 1 fully saturated rings. The topological polar surface area (TPSA) is 25.4 Å². The third-order valence-electron chi connectivity index (χ3n) is 3.24. The summed E-state index contributed by atoms with van der Waals surface area (Å²) in [5.74, 6) is 0.324. The molecule has 0 aromatic carbocycles. The molecule has 2 nitrogen and oxygen atoms in total. The minimum Gasteiger partial charge on any atom is -0.340 e. The third-order valence-corrected chi connectivity index (χ3v) is 19.5. The van der Waals surface area contributed by atoms with Crippen LogP contribution in [0.3, 0.4) is 0 Å². The van der Waals surface area contributed by atoms with Crippen molar-refractivity contribution in [2.75, 3.05) is 0 Å². The van der Waals surface area contributed by atoms with Gasteiger partial charge in [-0.15, -0.1) is 0 Å². The second kappa shape index (κ2) is 4.82. The predicted molar refractivity (Wildman–Crippen MR) is 85.5 cm³/mol.